The second-order valence-electron chi connectivity index (χ2n) is 5.52. The SMILES string of the molecule is COC[C@@H]1CN(C(=O)c2cnc(C)[nH]2)CC(C)(C)O1. The highest BCUT2D eigenvalue weighted by atomic mass is 16.5. The first-order valence-corrected chi connectivity index (χ1v) is 6.39. The summed E-state index contributed by atoms with van der Waals surface area (Å²) in [5.41, 5.74) is 0.151. The molecule has 1 saturated heterocycles. The maximum atomic E-state index is 12.4. The van der Waals surface area contributed by atoms with Crippen LogP contribution in [0.25, 0.3) is 0 Å². The standard InChI is InChI=1S/C13H21N3O3/c1-9-14-5-11(15-9)12(17)16-6-10(7-18-4)19-13(2,3)8-16/h5,10H,6-8H2,1-4H3,(H,14,15)/t10-/m0/s1. The van der Waals surface area contributed by atoms with Gasteiger partial charge in [-0.2, -0.15) is 0 Å². The number of amides is 1. The Morgan fingerprint density at radius 1 is 1.68 bits per heavy atom. The van der Waals surface area contributed by atoms with Crippen molar-refractivity contribution in [3.63, 3.8) is 0 Å². The van der Waals surface area contributed by atoms with Crippen molar-refractivity contribution in [1.82, 2.24) is 14.9 Å². The van der Waals surface area contributed by atoms with E-state index in [0.29, 0.717) is 25.4 Å². The number of morpholine rings is 1. The van der Waals surface area contributed by atoms with Crippen LogP contribution in [-0.4, -0.2) is 59.3 Å². The van der Waals surface area contributed by atoms with Gasteiger partial charge >= 0.3 is 0 Å². The van der Waals surface area contributed by atoms with Crippen LogP contribution >= 0.6 is 0 Å². The van der Waals surface area contributed by atoms with Gasteiger partial charge in [0.05, 0.1) is 24.5 Å². The van der Waals surface area contributed by atoms with Crippen molar-refractivity contribution in [3.8, 4) is 0 Å². The molecule has 1 amide bonds. The first kappa shape index (κ1) is 14.0. The number of rotatable bonds is 3. The van der Waals surface area contributed by atoms with Gasteiger partial charge in [0.1, 0.15) is 11.5 Å². The molecule has 0 unspecified atom stereocenters. The minimum Gasteiger partial charge on any atom is -0.382 e. The van der Waals surface area contributed by atoms with Crippen molar-refractivity contribution in [2.45, 2.75) is 32.5 Å². The molecule has 0 bridgehead atoms. The van der Waals surface area contributed by atoms with Crippen LogP contribution in [0.4, 0.5) is 0 Å². The molecule has 1 N–H and O–H groups in total. The number of carbonyl (C=O) groups is 1. The first-order chi connectivity index (χ1) is 8.91. The Morgan fingerprint density at radius 2 is 2.42 bits per heavy atom. The zero-order valence-corrected chi connectivity index (χ0v) is 11.9. The van der Waals surface area contributed by atoms with Crippen LogP contribution in [0, 0.1) is 6.92 Å². The lowest BCUT2D eigenvalue weighted by atomic mass is 10.0. The van der Waals surface area contributed by atoms with Gasteiger partial charge < -0.3 is 19.4 Å². The van der Waals surface area contributed by atoms with Gasteiger partial charge in [-0.05, 0) is 20.8 Å². The highest BCUT2D eigenvalue weighted by Gasteiger charge is 2.36. The van der Waals surface area contributed by atoms with E-state index in [9.17, 15) is 4.79 Å². The van der Waals surface area contributed by atoms with E-state index in [1.165, 1.54) is 0 Å². The van der Waals surface area contributed by atoms with Gasteiger partial charge in [-0.25, -0.2) is 4.98 Å². The van der Waals surface area contributed by atoms with Crippen molar-refractivity contribution < 1.29 is 14.3 Å². The fourth-order valence-electron chi connectivity index (χ4n) is 2.42. The second kappa shape index (κ2) is 5.30. The number of aryl methyl sites for hydroxylation is 1. The average Bonchev–Trinajstić information content (AvgIpc) is 2.73. The number of nitrogens with one attached hydrogen (secondary N) is 1. The fourth-order valence-corrected chi connectivity index (χ4v) is 2.42. The smallest absolute Gasteiger partial charge is 0.272 e. The van der Waals surface area contributed by atoms with Crippen molar-refractivity contribution >= 4 is 5.91 Å². The topological polar surface area (TPSA) is 67.5 Å². The number of aromatic nitrogens is 2. The molecule has 1 aromatic heterocycles. The molecule has 1 aliphatic rings. The molecule has 1 atom stereocenters. The number of H-pyrrole nitrogens is 1. The van der Waals surface area contributed by atoms with E-state index in [-0.39, 0.29) is 17.6 Å². The van der Waals surface area contributed by atoms with Crippen molar-refractivity contribution in [2.24, 2.45) is 0 Å². The van der Waals surface area contributed by atoms with E-state index in [0.717, 1.165) is 5.82 Å². The number of carbonyl (C=O) groups excluding carboxylic acids is 1. The zero-order chi connectivity index (χ0) is 14.0. The van der Waals surface area contributed by atoms with E-state index in [2.05, 4.69) is 9.97 Å². The molecule has 6 heteroatoms. The minimum absolute atomic E-state index is 0.0434. The lowest BCUT2D eigenvalue weighted by Crippen LogP contribution is -2.55. The third kappa shape index (κ3) is 3.33. The number of hydrogen-bond acceptors (Lipinski definition) is 4. The van der Waals surface area contributed by atoms with Gasteiger partial charge in [0, 0.05) is 20.2 Å². The molecule has 0 spiro atoms. The Labute approximate surface area is 113 Å². The largest absolute Gasteiger partial charge is 0.382 e. The lowest BCUT2D eigenvalue weighted by molar-refractivity contribution is -0.143. The molecule has 0 aliphatic carbocycles. The third-order valence-corrected chi connectivity index (χ3v) is 3.05. The predicted octanol–water partition coefficient (Wildman–Crippen LogP) is 0.984. The Hall–Kier alpha value is -1.40. The van der Waals surface area contributed by atoms with Crippen LogP contribution in [0.5, 0.6) is 0 Å². The maximum absolute atomic E-state index is 12.4. The first-order valence-electron chi connectivity index (χ1n) is 6.39. The zero-order valence-electron chi connectivity index (χ0n) is 11.9. The molecular weight excluding hydrogens is 246 g/mol. The van der Waals surface area contributed by atoms with Crippen LogP contribution in [-0.2, 0) is 9.47 Å². The monoisotopic (exact) mass is 267 g/mol. The van der Waals surface area contributed by atoms with E-state index in [1.807, 2.05) is 20.8 Å². The van der Waals surface area contributed by atoms with E-state index >= 15 is 0 Å². The Balaban J connectivity index is 2.12. The van der Waals surface area contributed by atoms with Crippen LogP contribution in [0.2, 0.25) is 0 Å². The molecule has 1 aromatic rings. The number of methoxy groups -OCH3 is 1. The predicted molar refractivity (Wildman–Crippen MR) is 70.1 cm³/mol. The van der Waals surface area contributed by atoms with Gasteiger partial charge in [-0.1, -0.05) is 0 Å². The summed E-state index contributed by atoms with van der Waals surface area (Å²) in [5.74, 6) is 0.697. The number of imidazole rings is 1. The summed E-state index contributed by atoms with van der Waals surface area (Å²) in [6.07, 6.45) is 1.48. The van der Waals surface area contributed by atoms with Gasteiger partial charge in [-0.3, -0.25) is 4.79 Å². The van der Waals surface area contributed by atoms with Crippen LogP contribution < -0.4 is 0 Å². The molecule has 2 heterocycles. The van der Waals surface area contributed by atoms with Gasteiger partial charge in [-0.15, -0.1) is 0 Å². The molecule has 0 radical (unpaired) electrons. The van der Waals surface area contributed by atoms with E-state index in [1.54, 1.807) is 18.2 Å². The lowest BCUT2D eigenvalue weighted by Gasteiger charge is -2.42. The molecule has 19 heavy (non-hydrogen) atoms. The summed E-state index contributed by atoms with van der Waals surface area (Å²) in [5, 5.41) is 0. The van der Waals surface area contributed by atoms with Gasteiger partial charge in [0.25, 0.3) is 5.91 Å². The number of ether oxygens (including phenoxy) is 2. The maximum Gasteiger partial charge on any atom is 0.272 e. The summed E-state index contributed by atoms with van der Waals surface area (Å²) >= 11 is 0. The van der Waals surface area contributed by atoms with Crippen molar-refractivity contribution in [2.75, 3.05) is 26.8 Å². The second-order valence-corrected chi connectivity index (χ2v) is 5.52. The molecule has 1 fully saturated rings. The summed E-state index contributed by atoms with van der Waals surface area (Å²) in [4.78, 5) is 21.2. The molecular formula is C13H21N3O3. The Morgan fingerprint density at radius 3 is 3.00 bits per heavy atom. The summed E-state index contributed by atoms with van der Waals surface area (Å²) in [6, 6.07) is 0. The highest BCUT2D eigenvalue weighted by Crippen LogP contribution is 2.22. The average molecular weight is 267 g/mol. The molecule has 0 saturated carbocycles. The quantitative estimate of drug-likeness (QED) is 0.886. The third-order valence-electron chi connectivity index (χ3n) is 3.05. The van der Waals surface area contributed by atoms with Crippen LogP contribution in [0.3, 0.4) is 0 Å². The van der Waals surface area contributed by atoms with Crippen molar-refractivity contribution in [1.29, 1.82) is 0 Å². The van der Waals surface area contributed by atoms with Crippen LogP contribution in [0.1, 0.15) is 30.2 Å². The fraction of sp³-hybridized carbons (Fsp3) is 0.692. The number of nitrogens with zero attached hydrogens (tertiary/aromatic N) is 2. The van der Waals surface area contributed by atoms with Crippen LogP contribution in [0.15, 0.2) is 6.20 Å². The normalized spacial score (nSPS) is 22.5. The van der Waals surface area contributed by atoms with Gasteiger partial charge in [0.15, 0.2) is 0 Å². The van der Waals surface area contributed by atoms with E-state index < -0.39 is 0 Å². The minimum atomic E-state index is -0.369. The Bertz CT molecular complexity index is 456. The Kier molecular flexibility index (Phi) is 3.91. The highest BCUT2D eigenvalue weighted by molar-refractivity contribution is 5.92. The van der Waals surface area contributed by atoms with Gasteiger partial charge in [0.2, 0.25) is 0 Å². The summed E-state index contributed by atoms with van der Waals surface area (Å²) < 4.78 is 11.0. The summed E-state index contributed by atoms with van der Waals surface area (Å²) in [7, 11) is 1.63. The number of aromatic amines is 1. The molecule has 106 valence electrons. The molecule has 1 aliphatic heterocycles. The number of hydrogen-bond donors (Lipinski definition) is 1. The van der Waals surface area contributed by atoms with Crippen molar-refractivity contribution in [3.05, 3.63) is 17.7 Å². The summed E-state index contributed by atoms with van der Waals surface area (Å²) in [6.45, 7) is 7.36. The molecule has 0 aromatic carbocycles. The molecule has 2 rings (SSSR count). The van der Waals surface area contributed by atoms with E-state index in [4.69, 9.17) is 9.47 Å². The molecule has 6 nitrogen and oxygen atoms in total.